The number of carbonyl (C=O) groups excluding carboxylic acids is 1. The molecule has 0 fully saturated rings. The second-order valence-corrected chi connectivity index (χ2v) is 7.29. The number of benzene rings is 3. The van der Waals surface area contributed by atoms with E-state index in [0.717, 1.165) is 11.3 Å². The molecule has 0 saturated heterocycles. The van der Waals surface area contributed by atoms with E-state index in [2.05, 4.69) is 10.4 Å². The van der Waals surface area contributed by atoms with Crippen LogP contribution in [-0.2, 0) is 4.79 Å². The Morgan fingerprint density at radius 3 is 2.38 bits per heavy atom. The molecular formula is C25H16ClFN4O. The minimum Gasteiger partial charge on any atom is -0.321 e. The van der Waals surface area contributed by atoms with Crippen LogP contribution in [0.3, 0.4) is 0 Å². The first-order chi connectivity index (χ1) is 15.5. The largest absolute Gasteiger partial charge is 0.321 e. The molecule has 0 radical (unpaired) electrons. The topological polar surface area (TPSA) is 70.7 Å². The predicted molar refractivity (Wildman–Crippen MR) is 123 cm³/mol. The lowest BCUT2D eigenvalue weighted by Gasteiger charge is -2.04. The third-order valence-corrected chi connectivity index (χ3v) is 4.90. The number of hydrogen-bond acceptors (Lipinski definition) is 3. The van der Waals surface area contributed by atoms with Crippen LogP contribution in [0, 0.1) is 17.1 Å². The molecule has 0 aliphatic rings. The number of hydrogen-bond donors (Lipinski definition) is 1. The van der Waals surface area contributed by atoms with Gasteiger partial charge in [-0.2, -0.15) is 10.4 Å². The van der Waals surface area contributed by atoms with Gasteiger partial charge in [-0.25, -0.2) is 9.07 Å². The lowest BCUT2D eigenvalue weighted by molar-refractivity contribution is -0.112. The van der Waals surface area contributed by atoms with E-state index in [1.807, 2.05) is 48.5 Å². The van der Waals surface area contributed by atoms with Gasteiger partial charge in [-0.15, -0.1) is 0 Å². The Labute approximate surface area is 189 Å². The molecule has 0 bridgehead atoms. The van der Waals surface area contributed by atoms with Crippen molar-refractivity contribution in [2.45, 2.75) is 0 Å². The maximum atomic E-state index is 13.1. The number of amides is 1. The summed E-state index contributed by atoms with van der Waals surface area (Å²) in [5.41, 5.74) is 3.06. The molecular weight excluding hydrogens is 427 g/mol. The van der Waals surface area contributed by atoms with Crippen molar-refractivity contribution in [2.75, 3.05) is 5.32 Å². The number of carbonyl (C=O) groups is 1. The fraction of sp³-hybridized carbons (Fsp3) is 0. The SMILES string of the molecule is N#C/C(=C\c1cn(-c2ccccc2)nc1-c1ccc(Cl)cc1)C(=O)Nc1ccc(F)cc1. The van der Waals surface area contributed by atoms with Crippen LogP contribution >= 0.6 is 11.6 Å². The Hall–Kier alpha value is -4.21. The molecule has 0 atom stereocenters. The zero-order valence-corrected chi connectivity index (χ0v) is 17.4. The Balaban J connectivity index is 1.74. The summed E-state index contributed by atoms with van der Waals surface area (Å²) in [7, 11) is 0. The molecule has 5 nitrogen and oxygen atoms in total. The van der Waals surface area contributed by atoms with Gasteiger partial charge in [-0.05, 0) is 54.6 Å². The van der Waals surface area contributed by atoms with Crippen molar-refractivity contribution in [3.8, 4) is 23.0 Å². The molecule has 0 aliphatic heterocycles. The molecule has 0 aliphatic carbocycles. The van der Waals surface area contributed by atoms with Crippen LogP contribution in [0.15, 0.2) is 90.6 Å². The highest BCUT2D eigenvalue weighted by Gasteiger charge is 2.15. The molecule has 1 aromatic heterocycles. The Morgan fingerprint density at radius 1 is 1.03 bits per heavy atom. The first-order valence-corrected chi connectivity index (χ1v) is 10.0. The van der Waals surface area contributed by atoms with Crippen molar-refractivity contribution in [2.24, 2.45) is 0 Å². The zero-order chi connectivity index (χ0) is 22.5. The highest BCUT2D eigenvalue weighted by atomic mass is 35.5. The summed E-state index contributed by atoms with van der Waals surface area (Å²) >= 11 is 6.02. The van der Waals surface area contributed by atoms with Crippen molar-refractivity contribution >= 4 is 29.3 Å². The summed E-state index contributed by atoms with van der Waals surface area (Å²) in [6.07, 6.45) is 3.23. The van der Waals surface area contributed by atoms with Gasteiger partial charge in [0.25, 0.3) is 5.91 Å². The lowest BCUT2D eigenvalue weighted by atomic mass is 10.1. The molecule has 32 heavy (non-hydrogen) atoms. The predicted octanol–water partition coefficient (Wildman–Crippen LogP) is 5.88. The number of halogens is 2. The lowest BCUT2D eigenvalue weighted by Crippen LogP contribution is -2.13. The van der Waals surface area contributed by atoms with E-state index in [4.69, 9.17) is 11.6 Å². The Morgan fingerprint density at radius 2 is 1.72 bits per heavy atom. The number of anilines is 1. The minimum atomic E-state index is -0.603. The van der Waals surface area contributed by atoms with Crippen LogP contribution in [0.25, 0.3) is 23.0 Å². The fourth-order valence-corrected chi connectivity index (χ4v) is 3.20. The van der Waals surface area contributed by atoms with Crippen LogP contribution in [0.5, 0.6) is 0 Å². The van der Waals surface area contributed by atoms with Crippen molar-refractivity contribution in [3.05, 3.63) is 107 Å². The van der Waals surface area contributed by atoms with Gasteiger partial charge in [0, 0.05) is 28.0 Å². The molecule has 3 aromatic carbocycles. The van der Waals surface area contributed by atoms with E-state index in [1.54, 1.807) is 23.0 Å². The maximum Gasteiger partial charge on any atom is 0.266 e. The third-order valence-electron chi connectivity index (χ3n) is 4.65. The molecule has 156 valence electrons. The standard InChI is InChI=1S/C25H16ClFN4O/c26-20-8-6-17(7-9-20)24-19(16-31(30-24)23-4-2-1-3-5-23)14-18(15-28)25(32)29-22-12-10-21(27)11-13-22/h1-14,16H,(H,29,32)/b18-14+. The smallest absolute Gasteiger partial charge is 0.266 e. The highest BCUT2D eigenvalue weighted by molar-refractivity contribution is 6.30. The van der Waals surface area contributed by atoms with Gasteiger partial charge in [0.05, 0.1) is 11.4 Å². The summed E-state index contributed by atoms with van der Waals surface area (Å²) in [6.45, 7) is 0. The first-order valence-electron chi connectivity index (χ1n) is 9.63. The van der Waals surface area contributed by atoms with Crippen molar-refractivity contribution in [1.29, 1.82) is 5.26 Å². The summed E-state index contributed by atoms with van der Waals surface area (Å²) in [6, 6.07) is 23.9. The Bertz CT molecular complexity index is 1320. The van der Waals surface area contributed by atoms with Gasteiger partial charge < -0.3 is 5.32 Å². The normalized spacial score (nSPS) is 11.1. The first kappa shape index (κ1) is 21.0. The van der Waals surface area contributed by atoms with Crippen molar-refractivity contribution < 1.29 is 9.18 Å². The number of para-hydroxylation sites is 1. The van der Waals surface area contributed by atoms with Crippen LogP contribution in [0.2, 0.25) is 5.02 Å². The van der Waals surface area contributed by atoms with E-state index in [9.17, 15) is 14.4 Å². The third kappa shape index (κ3) is 4.75. The van der Waals surface area contributed by atoms with Gasteiger partial charge >= 0.3 is 0 Å². The Kier molecular flexibility index (Phi) is 6.11. The molecule has 4 rings (SSSR count). The minimum absolute atomic E-state index is 0.114. The number of rotatable bonds is 5. The highest BCUT2D eigenvalue weighted by Crippen LogP contribution is 2.27. The van der Waals surface area contributed by atoms with Gasteiger partial charge in [-0.1, -0.05) is 41.9 Å². The number of aromatic nitrogens is 2. The van der Waals surface area contributed by atoms with Gasteiger partial charge in [0.15, 0.2) is 0 Å². The molecule has 4 aromatic rings. The van der Waals surface area contributed by atoms with E-state index in [0.29, 0.717) is 22.0 Å². The molecule has 7 heteroatoms. The van der Waals surface area contributed by atoms with Crippen LogP contribution < -0.4 is 5.32 Å². The molecule has 0 spiro atoms. The number of nitrogens with zero attached hydrogens (tertiary/aromatic N) is 3. The number of nitrogens with one attached hydrogen (secondary N) is 1. The second-order valence-electron chi connectivity index (χ2n) is 6.85. The van der Waals surface area contributed by atoms with Crippen LogP contribution in [0.1, 0.15) is 5.56 Å². The molecule has 1 N–H and O–H groups in total. The molecule has 0 unspecified atom stereocenters. The van der Waals surface area contributed by atoms with Gasteiger partial charge in [0.1, 0.15) is 17.5 Å². The van der Waals surface area contributed by atoms with Gasteiger partial charge in [0.2, 0.25) is 0 Å². The summed E-state index contributed by atoms with van der Waals surface area (Å²) in [5.74, 6) is -1.02. The van der Waals surface area contributed by atoms with Gasteiger partial charge in [-0.3, -0.25) is 4.79 Å². The fourth-order valence-electron chi connectivity index (χ4n) is 3.07. The van der Waals surface area contributed by atoms with E-state index in [-0.39, 0.29) is 5.57 Å². The van der Waals surface area contributed by atoms with Crippen LogP contribution in [-0.4, -0.2) is 15.7 Å². The average Bonchev–Trinajstić information content (AvgIpc) is 3.24. The van der Waals surface area contributed by atoms with Crippen LogP contribution in [0.4, 0.5) is 10.1 Å². The summed E-state index contributed by atoms with van der Waals surface area (Å²) in [5, 5.41) is 17.5. The maximum absolute atomic E-state index is 13.1. The average molecular weight is 443 g/mol. The zero-order valence-electron chi connectivity index (χ0n) is 16.7. The van der Waals surface area contributed by atoms with Crippen molar-refractivity contribution in [1.82, 2.24) is 9.78 Å². The van der Waals surface area contributed by atoms with E-state index < -0.39 is 11.7 Å². The van der Waals surface area contributed by atoms with Crippen molar-refractivity contribution in [3.63, 3.8) is 0 Å². The molecule has 1 amide bonds. The number of nitriles is 1. The quantitative estimate of drug-likeness (QED) is 0.310. The monoisotopic (exact) mass is 442 g/mol. The van der Waals surface area contributed by atoms with E-state index in [1.165, 1.54) is 30.3 Å². The summed E-state index contributed by atoms with van der Waals surface area (Å²) in [4.78, 5) is 12.7. The molecule has 1 heterocycles. The summed E-state index contributed by atoms with van der Waals surface area (Å²) < 4.78 is 14.8. The molecule has 0 saturated carbocycles. The van der Waals surface area contributed by atoms with E-state index >= 15 is 0 Å². The second kappa shape index (κ2) is 9.29.